The van der Waals surface area contributed by atoms with Gasteiger partial charge in [-0.05, 0) is 75.3 Å². The number of amides is 1. The van der Waals surface area contributed by atoms with Crippen LogP contribution in [0.3, 0.4) is 0 Å². The fourth-order valence-electron chi connectivity index (χ4n) is 5.26. The van der Waals surface area contributed by atoms with Crippen LogP contribution < -0.4 is 5.32 Å². The molecule has 0 bridgehead atoms. The van der Waals surface area contributed by atoms with Crippen molar-refractivity contribution < 1.29 is 9.32 Å². The predicted molar refractivity (Wildman–Crippen MR) is 126 cm³/mol. The molecule has 1 aromatic carbocycles. The molecule has 5 nitrogen and oxygen atoms in total. The van der Waals surface area contributed by atoms with Gasteiger partial charge < -0.3 is 9.84 Å². The maximum Gasteiger partial charge on any atom is 0.225 e. The van der Waals surface area contributed by atoms with Gasteiger partial charge in [0, 0.05) is 35.9 Å². The first-order valence-corrected chi connectivity index (χ1v) is 12.1. The van der Waals surface area contributed by atoms with Gasteiger partial charge in [0.2, 0.25) is 5.91 Å². The van der Waals surface area contributed by atoms with Gasteiger partial charge in [0.05, 0.1) is 11.8 Å². The largest absolute Gasteiger partial charge is 0.361 e. The van der Waals surface area contributed by atoms with Gasteiger partial charge in [-0.25, -0.2) is 0 Å². The zero-order valence-corrected chi connectivity index (χ0v) is 19.8. The zero-order chi connectivity index (χ0) is 22.8. The van der Waals surface area contributed by atoms with Crippen molar-refractivity contribution in [2.24, 2.45) is 11.8 Å². The van der Waals surface area contributed by atoms with E-state index in [-0.39, 0.29) is 24.7 Å². The summed E-state index contributed by atoms with van der Waals surface area (Å²) in [6, 6.07) is 8.27. The molecule has 2 fully saturated rings. The number of aryl methyl sites for hydroxylation is 2. The molecule has 2 aliphatic carbocycles. The van der Waals surface area contributed by atoms with Crippen molar-refractivity contribution in [3.8, 4) is 6.07 Å². The van der Waals surface area contributed by atoms with Crippen LogP contribution in [-0.2, 0) is 4.79 Å². The highest BCUT2D eigenvalue weighted by Crippen LogP contribution is 2.52. The van der Waals surface area contributed by atoms with Crippen molar-refractivity contribution in [1.82, 2.24) is 5.16 Å². The molecular formula is C27H35N3O2. The van der Waals surface area contributed by atoms with E-state index in [4.69, 9.17) is 4.52 Å². The number of hydrogen-bond donors (Lipinski definition) is 1. The minimum atomic E-state index is -0.231. The quantitative estimate of drug-likeness (QED) is 0.475. The molecule has 4 rings (SSSR count). The van der Waals surface area contributed by atoms with Gasteiger partial charge in [-0.15, -0.1) is 0 Å². The number of benzene rings is 1. The van der Waals surface area contributed by atoms with Gasteiger partial charge in [0.25, 0.3) is 0 Å². The van der Waals surface area contributed by atoms with E-state index in [1.807, 2.05) is 26.0 Å². The molecule has 5 heteroatoms. The van der Waals surface area contributed by atoms with E-state index in [1.54, 1.807) is 0 Å². The second-order valence-electron chi connectivity index (χ2n) is 10.4. The van der Waals surface area contributed by atoms with Crippen LogP contribution in [0.5, 0.6) is 0 Å². The number of nitrogens with one attached hydrogen (secondary N) is 1. The maximum atomic E-state index is 12.9. The lowest BCUT2D eigenvalue weighted by atomic mass is 9.69. The lowest BCUT2D eigenvalue weighted by molar-refractivity contribution is -0.116. The van der Waals surface area contributed by atoms with Gasteiger partial charge in [-0.2, -0.15) is 5.26 Å². The molecule has 1 N–H and O–H groups in total. The van der Waals surface area contributed by atoms with E-state index >= 15 is 0 Å². The van der Waals surface area contributed by atoms with Crippen LogP contribution in [0.25, 0.3) is 0 Å². The molecule has 2 aliphatic rings. The van der Waals surface area contributed by atoms with Crippen molar-refractivity contribution in [2.75, 3.05) is 5.32 Å². The van der Waals surface area contributed by atoms with E-state index in [1.165, 1.54) is 30.4 Å². The molecular weight excluding hydrogens is 398 g/mol. The van der Waals surface area contributed by atoms with Gasteiger partial charge >= 0.3 is 0 Å². The summed E-state index contributed by atoms with van der Waals surface area (Å²) in [5, 5.41) is 17.0. The molecule has 0 aliphatic heterocycles. The molecule has 2 saturated carbocycles. The van der Waals surface area contributed by atoms with Crippen LogP contribution in [0.1, 0.15) is 105 Å². The van der Waals surface area contributed by atoms with Crippen LogP contribution >= 0.6 is 0 Å². The number of nitriles is 1. The lowest BCUT2D eigenvalue weighted by Crippen LogP contribution is -2.23. The Labute approximate surface area is 191 Å². The molecule has 0 unspecified atom stereocenters. The summed E-state index contributed by atoms with van der Waals surface area (Å²) in [6.07, 6.45) is 6.42. The van der Waals surface area contributed by atoms with Crippen molar-refractivity contribution in [2.45, 2.75) is 90.4 Å². The number of nitrogens with zero attached hydrogens (tertiary/aromatic N) is 2. The summed E-state index contributed by atoms with van der Waals surface area (Å²) >= 11 is 0. The normalized spacial score (nSPS) is 21.1. The first kappa shape index (κ1) is 22.6. The van der Waals surface area contributed by atoms with Gasteiger partial charge in [-0.1, -0.05) is 36.7 Å². The van der Waals surface area contributed by atoms with Crippen LogP contribution in [-0.4, -0.2) is 11.1 Å². The summed E-state index contributed by atoms with van der Waals surface area (Å²) in [7, 11) is 0. The Hall–Kier alpha value is -2.61. The summed E-state index contributed by atoms with van der Waals surface area (Å²) in [6.45, 7) is 8.60. The SMILES string of the molecule is Cc1ccc(NC(=O)C[C@H](CC#N)c2noc(C3CC(CC(C)C)C3)c2C2CC2)c(C)c1. The summed E-state index contributed by atoms with van der Waals surface area (Å²) in [5.41, 5.74) is 5.10. The first-order valence-electron chi connectivity index (χ1n) is 12.1. The molecule has 170 valence electrons. The smallest absolute Gasteiger partial charge is 0.225 e. The monoisotopic (exact) mass is 433 g/mol. The summed E-state index contributed by atoms with van der Waals surface area (Å²) in [4.78, 5) is 12.9. The molecule has 0 saturated heterocycles. The van der Waals surface area contributed by atoms with Crippen LogP contribution in [0.15, 0.2) is 22.7 Å². The predicted octanol–water partition coefficient (Wildman–Crippen LogP) is 6.73. The minimum absolute atomic E-state index is 0.0795. The highest BCUT2D eigenvalue weighted by Gasteiger charge is 2.41. The van der Waals surface area contributed by atoms with E-state index in [2.05, 4.69) is 36.5 Å². The first-order chi connectivity index (χ1) is 15.4. The average molecular weight is 434 g/mol. The number of anilines is 1. The van der Waals surface area contributed by atoms with E-state index in [0.717, 1.165) is 47.4 Å². The number of carbonyl (C=O) groups is 1. The summed E-state index contributed by atoms with van der Waals surface area (Å²) < 4.78 is 5.92. The lowest BCUT2D eigenvalue weighted by Gasteiger charge is -2.35. The fourth-order valence-corrected chi connectivity index (χ4v) is 5.26. The summed E-state index contributed by atoms with van der Waals surface area (Å²) in [5.74, 6) is 3.17. The molecule has 0 spiro atoms. The van der Waals surface area contributed by atoms with E-state index < -0.39 is 0 Å². The number of aromatic nitrogens is 1. The standard InChI is InChI=1S/C27H35N3O2/c1-16(2)11-19-13-22(14-19)27-25(20-6-7-20)26(30-32-27)21(9-10-28)15-24(31)29-23-8-5-17(3)12-18(23)4/h5,8,12,16,19-22H,6-7,9,11,13-15H2,1-4H3,(H,29,31)/t19?,21-,22?/m0/s1. The van der Waals surface area contributed by atoms with Crippen LogP contribution in [0, 0.1) is 37.0 Å². The third-order valence-corrected chi connectivity index (χ3v) is 6.99. The van der Waals surface area contributed by atoms with Crippen molar-refractivity contribution in [3.63, 3.8) is 0 Å². The highest BCUT2D eigenvalue weighted by atomic mass is 16.5. The Bertz CT molecular complexity index is 1010. The van der Waals surface area contributed by atoms with Crippen molar-refractivity contribution in [3.05, 3.63) is 46.3 Å². The van der Waals surface area contributed by atoms with Gasteiger partial charge in [0.15, 0.2) is 0 Å². The van der Waals surface area contributed by atoms with Crippen molar-refractivity contribution in [1.29, 1.82) is 5.26 Å². The van der Waals surface area contributed by atoms with Crippen LogP contribution in [0.2, 0.25) is 0 Å². The third kappa shape index (κ3) is 5.06. The van der Waals surface area contributed by atoms with Crippen molar-refractivity contribution >= 4 is 11.6 Å². The molecule has 0 radical (unpaired) electrons. The number of rotatable bonds is 9. The fraction of sp³-hybridized carbons (Fsp3) is 0.593. The molecule has 32 heavy (non-hydrogen) atoms. The third-order valence-electron chi connectivity index (χ3n) is 6.99. The number of hydrogen-bond acceptors (Lipinski definition) is 4. The second-order valence-corrected chi connectivity index (χ2v) is 10.4. The molecule has 1 aromatic heterocycles. The van der Waals surface area contributed by atoms with Gasteiger partial charge in [-0.3, -0.25) is 4.79 Å². The molecule has 1 atom stereocenters. The number of carbonyl (C=O) groups excluding carboxylic acids is 1. The molecule has 1 amide bonds. The maximum absolute atomic E-state index is 12.9. The molecule has 1 heterocycles. The molecule has 2 aromatic rings. The highest BCUT2D eigenvalue weighted by molar-refractivity contribution is 5.92. The second kappa shape index (κ2) is 9.48. The minimum Gasteiger partial charge on any atom is -0.361 e. The Balaban J connectivity index is 1.49. The Morgan fingerprint density at radius 1 is 1.25 bits per heavy atom. The zero-order valence-electron chi connectivity index (χ0n) is 19.8. The Kier molecular flexibility index (Phi) is 6.69. The Morgan fingerprint density at radius 3 is 2.62 bits per heavy atom. The van der Waals surface area contributed by atoms with Crippen LogP contribution in [0.4, 0.5) is 5.69 Å². The van der Waals surface area contributed by atoms with Gasteiger partial charge in [0.1, 0.15) is 5.76 Å². The van der Waals surface area contributed by atoms with E-state index in [0.29, 0.717) is 11.8 Å². The Morgan fingerprint density at radius 2 is 2.00 bits per heavy atom. The topological polar surface area (TPSA) is 78.9 Å². The average Bonchev–Trinajstić information content (AvgIpc) is 3.45. The van der Waals surface area contributed by atoms with E-state index in [9.17, 15) is 10.1 Å².